The van der Waals surface area contributed by atoms with Gasteiger partial charge < -0.3 is 4.74 Å². The Bertz CT molecular complexity index is 374. The van der Waals surface area contributed by atoms with Gasteiger partial charge in [-0.25, -0.2) is 4.98 Å². The number of rotatable bonds is 3. The lowest BCUT2D eigenvalue weighted by Crippen LogP contribution is -2.44. The molecule has 0 atom stereocenters. The topological polar surface area (TPSA) is 22.1 Å². The third kappa shape index (κ3) is 4.34. The van der Waals surface area contributed by atoms with Crippen LogP contribution in [0, 0.1) is 0 Å². The van der Waals surface area contributed by atoms with Gasteiger partial charge in [-0.1, -0.05) is 17.7 Å². The molecule has 0 fully saturated rings. The summed E-state index contributed by atoms with van der Waals surface area (Å²) in [4.78, 5) is 3.50. The summed E-state index contributed by atoms with van der Waals surface area (Å²) < 4.78 is 76.5. The van der Waals surface area contributed by atoms with Crippen molar-refractivity contribution < 1.29 is 31.1 Å². The molecule has 102 valence electrons. The van der Waals surface area contributed by atoms with E-state index in [0.29, 0.717) is 0 Å². The van der Waals surface area contributed by atoms with E-state index < -0.39 is 25.1 Å². The van der Waals surface area contributed by atoms with Gasteiger partial charge in [-0.15, -0.1) is 0 Å². The van der Waals surface area contributed by atoms with Crippen molar-refractivity contribution in [1.29, 1.82) is 0 Å². The monoisotopic (exact) mass is 293 g/mol. The van der Waals surface area contributed by atoms with Crippen LogP contribution in [0.4, 0.5) is 26.3 Å². The number of halogens is 7. The average molecular weight is 294 g/mol. The number of aromatic nitrogens is 1. The second-order valence-corrected chi connectivity index (χ2v) is 3.65. The van der Waals surface area contributed by atoms with Crippen LogP contribution < -0.4 is 0 Å². The first-order valence-corrected chi connectivity index (χ1v) is 4.84. The minimum atomic E-state index is -5.52. The molecule has 0 amide bonds. The molecular formula is C9H6ClF6NO. The van der Waals surface area contributed by atoms with Crippen molar-refractivity contribution in [3.05, 3.63) is 29.0 Å². The van der Waals surface area contributed by atoms with Crippen molar-refractivity contribution in [2.45, 2.75) is 25.1 Å². The number of pyridine rings is 1. The van der Waals surface area contributed by atoms with Crippen molar-refractivity contribution >= 4 is 11.6 Å². The average Bonchev–Trinajstić information content (AvgIpc) is 2.17. The van der Waals surface area contributed by atoms with Crippen LogP contribution in [0.15, 0.2) is 18.3 Å². The number of alkyl halides is 6. The van der Waals surface area contributed by atoms with Gasteiger partial charge in [-0.3, -0.25) is 0 Å². The Balaban J connectivity index is 2.72. The lowest BCUT2D eigenvalue weighted by atomic mass is 10.3. The molecule has 1 aromatic rings. The van der Waals surface area contributed by atoms with Gasteiger partial charge >= 0.3 is 12.4 Å². The molecule has 1 rings (SSSR count). The standard InChI is InChI=1S/C9H6ClF6NO/c10-6-2-1-5(3-17-6)4-18-7(8(11,12)13)9(14,15)16/h1-3,7H,4H2. The van der Waals surface area contributed by atoms with E-state index in [9.17, 15) is 26.3 Å². The predicted octanol–water partition coefficient (Wildman–Crippen LogP) is 3.74. The van der Waals surface area contributed by atoms with Crippen LogP contribution in [0.1, 0.15) is 5.56 Å². The Morgan fingerprint density at radius 1 is 1.11 bits per heavy atom. The molecule has 1 aromatic heterocycles. The third-order valence-corrected chi connectivity index (χ3v) is 2.02. The normalized spacial score (nSPS) is 13.1. The summed E-state index contributed by atoms with van der Waals surface area (Å²) in [6.07, 6.45) is -13.8. The molecule has 0 aliphatic heterocycles. The lowest BCUT2D eigenvalue weighted by Gasteiger charge is -2.23. The second-order valence-electron chi connectivity index (χ2n) is 3.26. The molecule has 0 spiro atoms. The van der Waals surface area contributed by atoms with E-state index in [1.54, 1.807) is 0 Å². The molecule has 9 heteroatoms. The number of hydrogen-bond donors (Lipinski definition) is 0. The Morgan fingerprint density at radius 2 is 1.67 bits per heavy atom. The van der Waals surface area contributed by atoms with Gasteiger partial charge in [0.05, 0.1) is 6.61 Å². The SMILES string of the molecule is FC(F)(F)C(OCc1ccc(Cl)nc1)C(F)(F)F. The van der Waals surface area contributed by atoms with Crippen molar-refractivity contribution in [2.75, 3.05) is 0 Å². The fourth-order valence-corrected chi connectivity index (χ4v) is 1.16. The summed E-state index contributed by atoms with van der Waals surface area (Å²) in [6, 6.07) is 2.45. The summed E-state index contributed by atoms with van der Waals surface area (Å²) >= 11 is 5.41. The van der Waals surface area contributed by atoms with Gasteiger partial charge in [0.25, 0.3) is 0 Å². The lowest BCUT2D eigenvalue weighted by molar-refractivity contribution is -0.324. The molecule has 0 N–H and O–H groups in total. The summed E-state index contributed by atoms with van der Waals surface area (Å²) in [5, 5.41) is 0.0712. The molecule has 0 saturated heterocycles. The highest BCUT2D eigenvalue weighted by Gasteiger charge is 2.57. The summed E-state index contributed by atoms with van der Waals surface area (Å²) in [6.45, 7) is -0.867. The molecule has 0 saturated carbocycles. The molecule has 0 radical (unpaired) electrons. The highest BCUT2D eigenvalue weighted by molar-refractivity contribution is 6.29. The van der Waals surface area contributed by atoms with Crippen LogP contribution in [-0.2, 0) is 11.3 Å². The maximum atomic E-state index is 12.1. The molecule has 0 unspecified atom stereocenters. The first kappa shape index (κ1) is 15.0. The molecule has 2 nitrogen and oxygen atoms in total. The summed E-state index contributed by atoms with van der Waals surface area (Å²) in [5.41, 5.74) is 0.0536. The van der Waals surface area contributed by atoms with Crippen LogP contribution in [0.2, 0.25) is 5.15 Å². The third-order valence-electron chi connectivity index (χ3n) is 1.80. The quantitative estimate of drug-likeness (QED) is 0.625. The van der Waals surface area contributed by atoms with Crippen LogP contribution in [0.5, 0.6) is 0 Å². The van der Waals surface area contributed by atoms with Gasteiger partial charge in [0, 0.05) is 6.20 Å². The van der Waals surface area contributed by atoms with Gasteiger partial charge in [0.2, 0.25) is 6.10 Å². The van der Waals surface area contributed by atoms with Crippen molar-refractivity contribution in [3.8, 4) is 0 Å². The predicted molar refractivity (Wildman–Crippen MR) is 49.9 cm³/mol. The number of ether oxygens (including phenoxy) is 1. The van der Waals surface area contributed by atoms with Crippen molar-refractivity contribution in [1.82, 2.24) is 4.98 Å². The van der Waals surface area contributed by atoms with E-state index in [1.807, 2.05) is 0 Å². The first-order chi connectivity index (χ1) is 8.10. The molecule has 0 aliphatic rings. The Morgan fingerprint density at radius 3 is 2.06 bits per heavy atom. The van der Waals surface area contributed by atoms with Crippen molar-refractivity contribution in [3.63, 3.8) is 0 Å². The molecule has 1 heterocycles. The molecule has 0 aliphatic carbocycles. The molecule has 18 heavy (non-hydrogen) atoms. The van der Waals surface area contributed by atoms with Crippen molar-refractivity contribution in [2.24, 2.45) is 0 Å². The van der Waals surface area contributed by atoms with Crippen LogP contribution in [-0.4, -0.2) is 23.4 Å². The van der Waals surface area contributed by atoms with Crippen LogP contribution >= 0.6 is 11.6 Å². The number of hydrogen-bond acceptors (Lipinski definition) is 2. The van der Waals surface area contributed by atoms with E-state index in [1.165, 1.54) is 12.1 Å². The second kappa shape index (κ2) is 5.31. The Hall–Kier alpha value is -1.02. The summed E-state index contributed by atoms with van der Waals surface area (Å²) in [5.74, 6) is 0. The van der Waals surface area contributed by atoms with Gasteiger partial charge in [-0.2, -0.15) is 26.3 Å². The first-order valence-electron chi connectivity index (χ1n) is 4.46. The fourth-order valence-electron chi connectivity index (χ4n) is 1.05. The maximum Gasteiger partial charge on any atom is 0.423 e. The highest BCUT2D eigenvalue weighted by atomic mass is 35.5. The largest absolute Gasteiger partial charge is 0.423 e. The van der Waals surface area contributed by atoms with E-state index in [2.05, 4.69) is 9.72 Å². The van der Waals surface area contributed by atoms with E-state index in [0.717, 1.165) is 6.20 Å². The summed E-state index contributed by atoms with van der Waals surface area (Å²) in [7, 11) is 0. The van der Waals surface area contributed by atoms with Gasteiger partial charge in [0.1, 0.15) is 5.15 Å². The maximum absolute atomic E-state index is 12.1. The van der Waals surface area contributed by atoms with Gasteiger partial charge in [0.15, 0.2) is 0 Å². The van der Waals surface area contributed by atoms with E-state index in [-0.39, 0.29) is 10.7 Å². The fraction of sp³-hybridized carbons (Fsp3) is 0.444. The van der Waals surface area contributed by atoms with E-state index in [4.69, 9.17) is 11.6 Å². The minimum absolute atomic E-state index is 0.0536. The van der Waals surface area contributed by atoms with Gasteiger partial charge in [-0.05, 0) is 11.6 Å². The smallest absolute Gasteiger partial charge is 0.356 e. The zero-order valence-corrected chi connectivity index (χ0v) is 9.27. The molecule has 0 bridgehead atoms. The number of nitrogens with zero attached hydrogens (tertiary/aromatic N) is 1. The minimum Gasteiger partial charge on any atom is -0.356 e. The van der Waals surface area contributed by atoms with Crippen LogP contribution in [0.25, 0.3) is 0 Å². The zero-order chi connectivity index (χ0) is 14.0. The highest BCUT2D eigenvalue weighted by Crippen LogP contribution is 2.36. The van der Waals surface area contributed by atoms with E-state index >= 15 is 0 Å². The molecular weight excluding hydrogens is 288 g/mol. The Labute approximate surface area is 103 Å². The Kier molecular flexibility index (Phi) is 4.44. The van der Waals surface area contributed by atoms with Crippen LogP contribution in [0.3, 0.4) is 0 Å². The zero-order valence-electron chi connectivity index (χ0n) is 8.52. The molecule has 0 aromatic carbocycles.